The largest absolute Gasteiger partial charge is 0.417 e. The molecule has 0 fully saturated rings. The number of benzene rings is 1. The van der Waals surface area contributed by atoms with E-state index in [1.807, 2.05) is 4.98 Å². The van der Waals surface area contributed by atoms with Gasteiger partial charge in [0.15, 0.2) is 0 Å². The van der Waals surface area contributed by atoms with Crippen molar-refractivity contribution in [1.82, 2.24) is 10.3 Å². The SMILES string of the molecule is CC(Cc1ccccc1Cl)NC(=O)c1cc(C(F)(F)F)c[nH]c1=O. The summed E-state index contributed by atoms with van der Waals surface area (Å²) in [6.45, 7) is 1.67. The number of aromatic amines is 1. The van der Waals surface area contributed by atoms with Gasteiger partial charge in [0.1, 0.15) is 5.56 Å². The van der Waals surface area contributed by atoms with E-state index in [4.69, 9.17) is 11.6 Å². The van der Waals surface area contributed by atoms with E-state index in [2.05, 4.69) is 5.32 Å². The Kier molecular flexibility index (Phi) is 5.33. The number of H-pyrrole nitrogens is 1. The van der Waals surface area contributed by atoms with Gasteiger partial charge >= 0.3 is 6.18 Å². The Morgan fingerprint density at radius 1 is 1.33 bits per heavy atom. The quantitative estimate of drug-likeness (QED) is 0.879. The van der Waals surface area contributed by atoms with Crippen molar-refractivity contribution in [2.75, 3.05) is 0 Å². The van der Waals surface area contributed by atoms with Crippen LogP contribution in [-0.4, -0.2) is 16.9 Å². The third-order valence-electron chi connectivity index (χ3n) is 3.34. The molecule has 1 amide bonds. The molecule has 0 aliphatic heterocycles. The highest BCUT2D eigenvalue weighted by Crippen LogP contribution is 2.28. The number of nitrogens with one attached hydrogen (secondary N) is 2. The van der Waals surface area contributed by atoms with Gasteiger partial charge in [-0.15, -0.1) is 0 Å². The smallest absolute Gasteiger partial charge is 0.349 e. The van der Waals surface area contributed by atoms with Gasteiger partial charge in [-0.2, -0.15) is 13.2 Å². The zero-order valence-electron chi connectivity index (χ0n) is 12.6. The lowest BCUT2D eigenvalue weighted by molar-refractivity contribution is -0.137. The summed E-state index contributed by atoms with van der Waals surface area (Å²) in [5.74, 6) is -0.873. The average molecular weight is 359 g/mol. The molecule has 0 bridgehead atoms. The molecule has 1 unspecified atom stereocenters. The third kappa shape index (κ3) is 4.38. The lowest BCUT2D eigenvalue weighted by atomic mass is 10.1. The topological polar surface area (TPSA) is 62.0 Å². The van der Waals surface area contributed by atoms with Crippen molar-refractivity contribution in [2.45, 2.75) is 25.6 Å². The van der Waals surface area contributed by atoms with Crippen LogP contribution in [0.1, 0.15) is 28.4 Å². The Morgan fingerprint density at radius 3 is 2.62 bits per heavy atom. The summed E-state index contributed by atoms with van der Waals surface area (Å²) in [6.07, 6.45) is -3.74. The van der Waals surface area contributed by atoms with Gasteiger partial charge in [-0.3, -0.25) is 9.59 Å². The summed E-state index contributed by atoms with van der Waals surface area (Å²) in [5, 5.41) is 3.03. The molecule has 128 valence electrons. The first-order chi connectivity index (χ1) is 11.2. The molecule has 2 aromatic rings. The Balaban J connectivity index is 2.15. The minimum Gasteiger partial charge on any atom is -0.349 e. The Labute approximate surface area is 140 Å². The molecule has 0 aliphatic rings. The van der Waals surface area contributed by atoms with Crippen LogP contribution in [0.4, 0.5) is 13.2 Å². The maximum absolute atomic E-state index is 12.7. The van der Waals surface area contributed by atoms with E-state index in [0.29, 0.717) is 23.7 Å². The van der Waals surface area contributed by atoms with Crippen LogP contribution < -0.4 is 10.9 Å². The first-order valence-corrected chi connectivity index (χ1v) is 7.40. The molecular weight excluding hydrogens is 345 g/mol. The molecule has 2 rings (SSSR count). The normalized spacial score (nSPS) is 12.7. The number of carbonyl (C=O) groups is 1. The van der Waals surface area contributed by atoms with Gasteiger partial charge in [-0.25, -0.2) is 0 Å². The first kappa shape index (κ1) is 18.1. The van der Waals surface area contributed by atoms with Gasteiger partial charge in [-0.1, -0.05) is 29.8 Å². The Bertz CT molecular complexity index is 802. The van der Waals surface area contributed by atoms with Gasteiger partial charge in [0.2, 0.25) is 0 Å². The van der Waals surface area contributed by atoms with E-state index >= 15 is 0 Å². The molecule has 0 radical (unpaired) electrons. The number of carbonyl (C=O) groups excluding carboxylic acids is 1. The number of aromatic nitrogens is 1. The fraction of sp³-hybridized carbons (Fsp3) is 0.250. The predicted octanol–water partition coefficient (Wildman–Crippen LogP) is 3.41. The van der Waals surface area contributed by atoms with Crippen LogP contribution >= 0.6 is 11.6 Å². The monoisotopic (exact) mass is 358 g/mol. The van der Waals surface area contributed by atoms with Crippen LogP contribution in [0.5, 0.6) is 0 Å². The van der Waals surface area contributed by atoms with E-state index in [9.17, 15) is 22.8 Å². The standard InChI is InChI=1S/C16H14ClF3N2O2/c1-9(6-10-4-2-3-5-13(10)17)22-15(24)12-7-11(16(18,19)20)8-21-14(12)23/h2-5,7-9H,6H2,1H3,(H,21,23)(H,22,24). The number of halogens is 4. The minimum atomic E-state index is -4.65. The van der Waals surface area contributed by atoms with Crippen LogP contribution in [0.3, 0.4) is 0 Å². The molecule has 1 heterocycles. The van der Waals surface area contributed by atoms with Crippen molar-refractivity contribution in [1.29, 1.82) is 0 Å². The van der Waals surface area contributed by atoms with E-state index in [-0.39, 0.29) is 0 Å². The highest BCUT2D eigenvalue weighted by molar-refractivity contribution is 6.31. The van der Waals surface area contributed by atoms with E-state index < -0.39 is 34.8 Å². The minimum absolute atomic E-state index is 0.377. The van der Waals surface area contributed by atoms with Gasteiger partial charge in [-0.05, 0) is 31.0 Å². The second-order valence-electron chi connectivity index (χ2n) is 5.30. The third-order valence-corrected chi connectivity index (χ3v) is 3.71. The van der Waals surface area contributed by atoms with Crippen LogP contribution in [0.2, 0.25) is 5.02 Å². The molecular formula is C16H14ClF3N2O2. The summed E-state index contributed by atoms with van der Waals surface area (Å²) in [4.78, 5) is 25.7. The average Bonchev–Trinajstić information content (AvgIpc) is 2.48. The fourth-order valence-electron chi connectivity index (χ4n) is 2.16. The van der Waals surface area contributed by atoms with E-state index in [0.717, 1.165) is 5.56 Å². The van der Waals surface area contributed by atoms with Crippen molar-refractivity contribution in [3.63, 3.8) is 0 Å². The van der Waals surface area contributed by atoms with Crippen molar-refractivity contribution in [2.24, 2.45) is 0 Å². The lowest BCUT2D eigenvalue weighted by Gasteiger charge is -2.15. The van der Waals surface area contributed by atoms with Gasteiger partial charge in [0.25, 0.3) is 11.5 Å². The van der Waals surface area contributed by atoms with Crippen molar-refractivity contribution in [3.8, 4) is 0 Å². The highest BCUT2D eigenvalue weighted by atomic mass is 35.5. The maximum Gasteiger partial charge on any atom is 0.417 e. The summed E-state index contributed by atoms with van der Waals surface area (Å²) in [5.41, 5.74) is -1.78. The molecule has 0 saturated heterocycles. The second kappa shape index (κ2) is 7.09. The predicted molar refractivity (Wildman–Crippen MR) is 84.1 cm³/mol. The Hall–Kier alpha value is -2.28. The number of hydrogen-bond donors (Lipinski definition) is 2. The van der Waals surface area contributed by atoms with Crippen LogP contribution in [0.15, 0.2) is 41.3 Å². The summed E-state index contributed by atoms with van der Waals surface area (Å²) < 4.78 is 38.1. The van der Waals surface area contributed by atoms with Gasteiger partial charge in [0, 0.05) is 17.3 Å². The highest BCUT2D eigenvalue weighted by Gasteiger charge is 2.32. The van der Waals surface area contributed by atoms with Gasteiger partial charge in [0.05, 0.1) is 5.56 Å². The first-order valence-electron chi connectivity index (χ1n) is 7.02. The molecule has 1 aromatic carbocycles. The number of rotatable bonds is 4. The van der Waals surface area contributed by atoms with Crippen molar-refractivity contribution in [3.05, 3.63) is 68.6 Å². The fourth-order valence-corrected chi connectivity index (χ4v) is 2.38. The van der Waals surface area contributed by atoms with Crippen LogP contribution in [-0.2, 0) is 12.6 Å². The number of hydrogen-bond acceptors (Lipinski definition) is 2. The Morgan fingerprint density at radius 2 is 2.00 bits per heavy atom. The summed E-state index contributed by atoms with van der Waals surface area (Å²) in [6, 6.07) is 7.14. The second-order valence-corrected chi connectivity index (χ2v) is 5.71. The van der Waals surface area contributed by atoms with E-state index in [1.165, 1.54) is 0 Å². The molecule has 0 saturated carbocycles. The summed E-state index contributed by atoms with van der Waals surface area (Å²) >= 11 is 6.03. The zero-order chi connectivity index (χ0) is 17.9. The van der Waals surface area contributed by atoms with Crippen molar-refractivity contribution < 1.29 is 18.0 Å². The molecule has 8 heteroatoms. The molecule has 0 spiro atoms. The molecule has 1 atom stereocenters. The van der Waals surface area contributed by atoms with Crippen LogP contribution in [0, 0.1) is 0 Å². The molecule has 1 aromatic heterocycles. The maximum atomic E-state index is 12.7. The van der Waals surface area contributed by atoms with Crippen LogP contribution in [0.25, 0.3) is 0 Å². The molecule has 4 nitrogen and oxygen atoms in total. The van der Waals surface area contributed by atoms with E-state index in [1.54, 1.807) is 31.2 Å². The molecule has 2 N–H and O–H groups in total. The number of pyridine rings is 1. The van der Waals surface area contributed by atoms with Crippen molar-refractivity contribution >= 4 is 17.5 Å². The van der Waals surface area contributed by atoms with Gasteiger partial charge < -0.3 is 10.3 Å². The molecule has 0 aliphatic carbocycles. The number of alkyl halides is 3. The lowest BCUT2D eigenvalue weighted by Crippen LogP contribution is -2.37. The zero-order valence-corrected chi connectivity index (χ0v) is 13.3. The summed E-state index contributed by atoms with van der Waals surface area (Å²) in [7, 11) is 0. The number of amides is 1. The molecule has 24 heavy (non-hydrogen) atoms.